The first kappa shape index (κ1) is 11.9. The van der Waals surface area contributed by atoms with Crippen LogP contribution in [0.5, 0.6) is 0 Å². The van der Waals surface area contributed by atoms with Crippen LogP contribution in [0.2, 0.25) is 0 Å². The molecular formula is C12H20O4. The quantitative estimate of drug-likeness (QED) is 0.674. The molecule has 0 bridgehead atoms. The van der Waals surface area contributed by atoms with Gasteiger partial charge >= 0.3 is 5.97 Å². The molecule has 0 radical (unpaired) electrons. The van der Waals surface area contributed by atoms with Crippen molar-refractivity contribution >= 4 is 5.97 Å². The van der Waals surface area contributed by atoms with Crippen LogP contribution in [0.15, 0.2) is 0 Å². The van der Waals surface area contributed by atoms with E-state index in [-0.39, 0.29) is 17.7 Å². The highest BCUT2D eigenvalue weighted by Crippen LogP contribution is 2.49. The molecule has 0 aromatic heterocycles. The van der Waals surface area contributed by atoms with Gasteiger partial charge in [-0.25, -0.2) is 0 Å². The van der Waals surface area contributed by atoms with Crippen LogP contribution < -0.4 is 0 Å². The molecule has 0 amide bonds. The third-order valence-electron chi connectivity index (χ3n) is 3.42. The molecule has 0 aromatic carbocycles. The van der Waals surface area contributed by atoms with Gasteiger partial charge in [-0.15, -0.1) is 0 Å². The number of hydrogen-bond donors (Lipinski definition) is 0. The molecule has 1 atom stereocenters. The monoisotopic (exact) mass is 228 g/mol. The van der Waals surface area contributed by atoms with E-state index in [0.29, 0.717) is 13.0 Å². The van der Waals surface area contributed by atoms with Crippen LogP contribution in [0.1, 0.15) is 38.5 Å². The largest absolute Gasteiger partial charge is 0.469 e. The molecule has 0 aromatic rings. The number of methoxy groups -OCH3 is 1. The lowest BCUT2D eigenvalue weighted by molar-refractivity contribution is -0.174. The standard InChI is InChI=1S/C12H20O4/c1-14-10(13)8-12(5-6-12)9-16-11-4-2-3-7-15-11/h11H,2-9H2,1H3. The third-order valence-corrected chi connectivity index (χ3v) is 3.42. The summed E-state index contributed by atoms with van der Waals surface area (Å²) in [6.45, 7) is 1.43. The third kappa shape index (κ3) is 3.19. The summed E-state index contributed by atoms with van der Waals surface area (Å²) in [6, 6.07) is 0. The average molecular weight is 228 g/mol. The van der Waals surface area contributed by atoms with Crippen molar-refractivity contribution in [3.05, 3.63) is 0 Å². The number of hydrogen-bond acceptors (Lipinski definition) is 4. The molecule has 1 saturated heterocycles. The van der Waals surface area contributed by atoms with Gasteiger partial charge in [0.15, 0.2) is 6.29 Å². The van der Waals surface area contributed by atoms with Crippen LogP contribution in [-0.4, -0.2) is 32.6 Å². The minimum absolute atomic E-state index is 0.0495. The normalized spacial score (nSPS) is 27.4. The predicted octanol–water partition coefficient (Wildman–Crippen LogP) is 1.87. The summed E-state index contributed by atoms with van der Waals surface area (Å²) in [6.07, 6.45) is 5.85. The molecule has 1 aliphatic heterocycles. The number of carbonyl (C=O) groups excluding carboxylic acids is 1. The van der Waals surface area contributed by atoms with Crippen molar-refractivity contribution in [2.45, 2.75) is 44.8 Å². The van der Waals surface area contributed by atoms with E-state index in [1.807, 2.05) is 0 Å². The Balaban J connectivity index is 1.70. The smallest absolute Gasteiger partial charge is 0.306 e. The maximum Gasteiger partial charge on any atom is 0.306 e. The molecule has 92 valence electrons. The Morgan fingerprint density at radius 3 is 2.81 bits per heavy atom. The first-order valence-corrected chi connectivity index (χ1v) is 6.04. The van der Waals surface area contributed by atoms with Crippen molar-refractivity contribution in [3.8, 4) is 0 Å². The molecule has 1 saturated carbocycles. The predicted molar refractivity (Wildman–Crippen MR) is 57.8 cm³/mol. The van der Waals surface area contributed by atoms with Crippen LogP contribution in [0.3, 0.4) is 0 Å². The zero-order chi connectivity index (χ0) is 11.4. The summed E-state index contributed by atoms with van der Waals surface area (Å²) < 4.78 is 15.9. The second kappa shape index (κ2) is 5.15. The van der Waals surface area contributed by atoms with Gasteiger partial charge < -0.3 is 14.2 Å². The van der Waals surface area contributed by atoms with Crippen molar-refractivity contribution in [1.82, 2.24) is 0 Å². The van der Waals surface area contributed by atoms with Crippen LogP contribution in [0, 0.1) is 5.41 Å². The highest BCUT2D eigenvalue weighted by molar-refractivity contribution is 5.70. The molecular weight excluding hydrogens is 208 g/mol. The number of ether oxygens (including phenoxy) is 3. The summed E-state index contributed by atoms with van der Waals surface area (Å²) in [5.74, 6) is -0.134. The van der Waals surface area contributed by atoms with E-state index < -0.39 is 0 Å². The summed E-state index contributed by atoms with van der Waals surface area (Å²) in [5.41, 5.74) is 0.0495. The summed E-state index contributed by atoms with van der Waals surface area (Å²) in [7, 11) is 1.43. The molecule has 2 fully saturated rings. The zero-order valence-corrected chi connectivity index (χ0v) is 9.87. The zero-order valence-electron chi connectivity index (χ0n) is 9.87. The molecule has 1 aliphatic carbocycles. The van der Waals surface area contributed by atoms with E-state index >= 15 is 0 Å². The first-order chi connectivity index (χ1) is 7.74. The van der Waals surface area contributed by atoms with Gasteiger partial charge in [-0.05, 0) is 32.1 Å². The highest BCUT2D eigenvalue weighted by atomic mass is 16.7. The maximum atomic E-state index is 11.2. The van der Waals surface area contributed by atoms with E-state index in [9.17, 15) is 4.79 Å². The van der Waals surface area contributed by atoms with E-state index in [1.165, 1.54) is 13.5 Å². The molecule has 2 rings (SSSR count). The summed E-state index contributed by atoms with van der Waals surface area (Å²) in [4.78, 5) is 11.2. The lowest BCUT2D eigenvalue weighted by atomic mass is 10.0. The molecule has 2 aliphatic rings. The van der Waals surface area contributed by atoms with Gasteiger partial charge in [0.05, 0.1) is 20.1 Å². The van der Waals surface area contributed by atoms with Crippen molar-refractivity contribution in [2.75, 3.05) is 20.3 Å². The van der Waals surface area contributed by atoms with Gasteiger partial charge in [-0.1, -0.05) is 0 Å². The van der Waals surface area contributed by atoms with Crippen molar-refractivity contribution in [1.29, 1.82) is 0 Å². The van der Waals surface area contributed by atoms with Gasteiger partial charge in [0.2, 0.25) is 0 Å². The lowest BCUT2D eigenvalue weighted by Crippen LogP contribution is -2.26. The Bertz CT molecular complexity index is 241. The van der Waals surface area contributed by atoms with Gasteiger partial charge in [-0.2, -0.15) is 0 Å². The summed E-state index contributed by atoms with van der Waals surface area (Å²) in [5, 5.41) is 0. The molecule has 0 spiro atoms. The topological polar surface area (TPSA) is 44.8 Å². The van der Waals surface area contributed by atoms with Crippen LogP contribution in [-0.2, 0) is 19.0 Å². The fraction of sp³-hybridized carbons (Fsp3) is 0.917. The first-order valence-electron chi connectivity index (χ1n) is 6.04. The van der Waals surface area contributed by atoms with Gasteiger partial charge in [0.25, 0.3) is 0 Å². The molecule has 1 heterocycles. The molecule has 4 nitrogen and oxygen atoms in total. The second-order valence-corrected chi connectivity index (χ2v) is 4.86. The van der Waals surface area contributed by atoms with E-state index in [1.54, 1.807) is 0 Å². The maximum absolute atomic E-state index is 11.2. The SMILES string of the molecule is COC(=O)CC1(COC2CCCCO2)CC1. The highest BCUT2D eigenvalue weighted by Gasteiger charge is 2.45. The average Bonchev–Trinajstić information content (AvgIpc) is 3.08. The van der Waals surface area contributed by atoms with Crippen molar-refractivity contribution < 1.29 is 19.0 Å². The minimum atomic E-state index is -0.134. The summed E-state index contributed by atoms with van der Waals surface area (Å²) >= 11 is 0. The van der Waals surface area contributed by atoms with Crippen molar-refractivity contribution in [2.24, 2.45) is 5.41 Å². The molecule has 4 heteroatoms. The lowest BCUT2D eigenvalue weighted by Gasteiger charge is -2.25. The molecule has 0 N–H and O–H groups in total. The Kier molecular flexibility index (Phi) is 3.82. The molecule has 16 heavy (non-hydrogen) atoms. The Morgan fingerprint density at radius 1 is 1.44 bits per heavy atom. The van der Waals surface area contributed by atoms with Crippen LogP contribution >= 0.6 is 0 Å². The molecule has 1 unspecified atom stereocenters. The number of esters is 1. The van der Waals surface area contributed by atoms with Crippen LogP contribution in [0.25, 0.3) is 0 Å². The van der Waals surface area contributed by atoms with Gasteiger partial charge in [-0.3, -0.25) is 4.79 Å². The van der Waals surface area contributed by atoms with Gasteiger partial charge in [0, 0.05) is 12.0 Å². The fourth-order valence-corrected chi connectivity index (χ4v) is 2.04. The van der Waals surface area contributed by atoms with Gasteiger partial charge in [0.1, 0.15) is 0 Å². The number of carbonyl (C=O) groups is 1. The van der Waals surface area contributed by atoms with E-state index in [2.05, 4.69) is 0 Å². The van der Waals surface area contributed by atoms with E-state index in [4.69, 9.17) is 14.2 Å². The minimum Gasteiger partial charge on any atom is -0.469 e. The van der Waals surface area contributed by atoms with Crippen molar-refractivity contribution in [3.63, 3.8) is 0 Å². The fourth-order valence-electron chi connectivity index (χ4n) is 2.04. The Morgan fingerprint density at radius 2 is 2.25 bits per heavy atom. The Labute approximate surface area is 96.2 Å². The van der Waals surface area contributed by atoms with E-state index in [0.717, 1.165) is 32.3 Å². The number of rotatable bonds is 5. The van der Waals surface area contributed by atoms with Crippen LogP contribution in [0.4, 0.5) is 0 Å². The Hall–Kier alpha value is -0.610. The second-order valence-electron chi connectivity index (χ2n) is 4.86.